The summed E-state index contributed by atoms with van der Waals surface area (Å²) in [5.41, 5.74) is -15.8. The summed E-state index contributed by atoms with van der Waals surface area (Å²) in [6.45, 7) is -2.52. The summed E-state index contributed by atoms with van der Waals surface area (Å²) in [7, 11) is 0. The quantitative estimate of drug-likeness (QED) is 0.127. The molecule has 19 aromatic carbocycles. The van der Waals surface area contributed by atoms with E-state index in [0.717, 1.165) is 6.92 Å². The molecule has 2 nitrogen and oxygen atoms in total. The average Bonchev–Trinajstić information content (AvgIpc) is 1.52. The summed E-state index contributed by atoms with van der Waals surface area (Å²) in [4.78, 5) is 0. The van der Waals surface area contributed by atoms with E-state index in [1.165, 1.54) is 0 Å². The molecule has 0 spiro atoms. The first-order chi connectivity index (χ1) is 74.5. The van der Waals surface area contributed by atoms with Crippen LogP contribution in [0.3, 0.4) is 0 Å². The van der Waals surface area contributed by atoms with Crippen molar-refractivity contribution in [2.45, 2.75) is 19.2 Å². The molecule has 470 valence electrons. The highest BCUT2D eigenvalue weighted by molar-refractivity contribution is 6.32. The van der Waals surface area contributed by atoms with Gasteiger partial charge in [-0.05, 0) is 206 Å². The minimum atomic E-state index is -3.49. The lowest BCUT2D eigenvalue weighted by atomic mass is 9.80. The third kappa shape index (κ3) is 8.52. The number of rotatable bonds is 5. The number of hydrogen-bond donors (Lipinski definition) is 0. The Kier molecular flexibility index (Phi) is 5.23. The molecule has 0 radical (unpaired) electrons. The molecular weight excluding hydrogens is 1220 g/mol. The van der Waals surface area contributed by atoms with Gasteiger partial charge in [0.05, 0.1) is 76.8 Å². The molecule has 0 fully saturated rings. The van der Waals surface area contributed by atoms with Gasteiger partial charge in [-0.25, -0.2) is 0 Å². The van der Waals surface area contributed by atoms with Gasteiger partial charge in [-0.3, -0.25) is 0 Å². The molecule has 2 heteroatoms. The van der Waals surface area contributed by atoms with E-state index >= 15 is 0 Å². The molecule has 1 aliphatic carbocycles. The molecule has 1 aliphatic rings. The minimum Gasteiger partial charge on any atom is -0.455 e. The molecule has 101 heavy (non-hydrogen) atoms. The van der Waals surface area contributed by atoms with Gasteiger partial charge in [0.1, 0.15) is 22.3 Å². The van der Waals surface area contributed by atoms with Gasteiger partial charge in [0.15, 0.2) is 0 Å². The molecule has 0 saturated carbocycles. The SMILES string of the molecule is [2H]c1c([2H])c(-c2c3c([2H])c([2H])c([2H])c([2H])c3c(-c3c([2H])c4c([2H])c([2H])c5c([2H])c([2H])c([2H])c([2H])c5c4c4c([2H])c([2H])c([2H])c([2H])c34)c3c([2H])c([2H])c([2H])c([2H])c23)c2c(oc3c4c([2H])c([2H])c([2H])c([2H])c4c([2H])c([2H])c32)c1[2H].[2H]c1c([2H])c([2H])c(-c2c([2H])c([2H])c3c(c2[2H])C(C)(C([2H])([2H])[2H])c2c([2H])c(-c4c5c([2H])c([2H])c([2H])c([2H])c5c(-c5c([2H])c([2H])c([2H])c6oc7c8c([2H])c([2H])c([2H])c([2H])c8c([2H])c([2H])c7c56)c5c([2H])c([2H])c([2H])c([2H])c45)c([2H])c([2H])c2-3)c([2H])c1[2H]. The molecule has 2 aromatic heterocycles. The Bertz CT molecular complexity index is 10600. The zero-order valence-corrected chi connectivity index (χ0v) is 50.8. The van der Waals surface area contributed by atoms with E-state index in [2.05, 4.69) is 0 Å². The van der Waals surface area contributed by atoms with Crippen LogP contribution in [0.2, 0.25) is 0 Å². The van der Waals surface area contributed by atoms with Crippen molar-refractivity contribution in [1.29, 1.82) is 0 Å². The monoisotopic (exact) mass is 1340 g/mol. The van der Waals surface area contributed by atoms with E-state index in [1.807, 2.05) is 0 Å². The second-order valence-corrected chi connectivity index (χ2v) is 23.1. The zero-order chi connectivity index (χ0) is 118. The minimum absolute atomic E-state index is 0.468. The third-order valence-corrected chi connectivity index (χ3v) is 17.8. The van der Waals surface area contributed by atoms with Gasteiger partial charge in [0.2, 0.25) is 0 Å². The Morgan fingerprint density at radius 1 is 0.238 bits per heavy atom. The molecule has 1 unspecified atom stereocenters. The Balaban J connectivity index is 0.000000185. The van der Waals surface area contributed by atoms with Crippen molar-refractivity contribution in [2.75, 3.05) is 0 Å². The van der Waals surface area contributed by atoms with E-state index < -0.39 is 569 Å². The topological polar surface area (TPSA) is 26.3 Å². The predicted molar refractivity (Wildman–Crippen MR) is 430 cm³/mol. The number of fused-ring (bicyclic) bond motifs is 22. The lowest BCUT2D eigenvalue weighted by Gasteiger charge is -2.23. The molecular formula is C99H62O2. The lowest BCUT2D eigenvalue weighted by molar-refractivity contribution is 0.661. The Hall–Kier alpha value is -12.9. The average molecular weight is 1340 g/mol. The van der Waals surface area contributed by atoms with E-state index in [0.29, 0.717) is 0 Å². The number of furan rings is 2. The fourth-order valence-corrected chi connectivity index (χ4v) is 13.6. The van der Waals surface area contributed by atoms with Crippen LogP contribution in [0.15, 0.2) is 347 Å². The van der Waals surface area contributed by atoms with Crippen LogP contribution in [-0.4, -0.2) is 0 Å². The summed E-state index contributed by atoms with van der Waals surface area (Å²) in [6.07, 6.45) is 0. The van der Waals surface area contributed by atoms with E-state index in [-0.39, 0.29) is 0 Å². The molecule has 1 atom stereocenters. The second-order valence-electron chi connectivity index (χ2n) is 23.1. The summed E-state index contributed by atoms with van der Waals surface area (Å²) < 4.78 is 551. The van der Waals surface area contributed by atoms with Crippen LogP contribution in [0.25, 0.3) is 208 Å². The highest BCUT2D eigenvalue weighted by atomic mass is 16.3. The molecule has 0 amide bonds. The summed E-state index contributed by atoms with van der Waals surface area (Å²) in [6, 6.07) is -52.4. The van der Waals surface area contributed by atoms with Gasteiger partial charge in [-0.1, -0.05) is 310 Å². The molecule has 0 saturated heterocycles. The highest BCUT2D eigenvalue weighted by Crippen LogP contribution is 2.55. The Labute approximate surface area is 665 Å². The van der Waals surface area contributed by atoms with Crippen LogP contribution < -0.4 is 0 Å². The van der Waals surface area contributed by atoms with Crippen molar-refractivity contribution in [3.63, 3.8) is 0 Å². The standard InChI is InChI=1S/C51H34O.C48H28O/c1-51(2)44-29-33(31-13-4-3-5-14-31)24-26-36(44)37-27-25-34(30-45(37)51)47-38-17-8-10-19-40(38)48(41-20-11-9-18-39(41)47)42-21-12-22-46-49(42)43-28-23-32-15-6-7-16-35(32)50(43)52-46;1-3-14-32-29(12-1)24-25-31-28-42(34-16-5-6-17-35(34)44(31)32)46-38-20-9-7-18-36(38)45(37-19-8-10-21-39(37)46)40-22-11-23-43-47(40)41-27-26-30-13-2-4-15-33(30)48(41)49-43/h3-30H,1-2H3;1-28H/i1D3,3D,4D,5D,6D,7D,8D,9D,10D,11D,12D,13D,14D,15D,16D,17D,18D,19D,20D,21D,22D,23D,24D,25D,26D,27D,28D,29D,30D;1D,2D,3D,4D,5D,6D,7D,8D,9D,10D,11D,12D,13D,14D,15D,16D,17D,18D,19D,20D,21D,22D,23D,24D,25D,26D,27D,28D. The first-order valence-electron chi connectivity index (χ1n) is 59.8. The van der Waals surface area contributed by atoms with Crippen molar-refractivity contribution < 1.29 is 89.7 Å². The first kappa shape index (κ1) is 23.9. The maximum Gasteiger partial charge on any atom is 0.143 e. The largest absolute Gasteiger partial charge is 0.455 e. The normalized spacial score (nSPS) is 22.0. The lowest BCUT2D eigenvalue weighted by Crippen LogP contribution is -2.15. The number of hydrogen-bond acceptors (Lipinski definition) is 2. The fraction of sp³-hybridized carbons (Fsp3) is 0.0303. The van der Waals surface area contributed by atoms with Crippen molar-refractivity contribution >= 4 is 141 Å². The predicted octanol–water partition coefficient (Wildman–Crippen LogP) is 28.2. The zero-order valence-electron chi connectivity index (χ0n) is 110. The van der Waals surface area contributed by atoms with Crippen molar-refractivity contribution in [3.8, 4) is 66.8 Å². The molecule has 0 N–H and O–H groups in total. The van der Waals surface area contributed by atoms with E-state index in [4.69, 9.17) is 59.6 Å². The van der Waals surface area contributed by atoms with Gasteiger partial charge >= 0.3 is 0 Å². The van der Waals surface area contributed by atoms with Gasteiger partial charge < -0.3 is 8.83 Å². The van der Waals surface area contributed by atoms with Crippen molar-refractivity contribution in [3.05, 3.63) is 350 Å². The maximum absolute atomic E-state index is 10.2. The summed E-state index contributed by atoms with van der Waals surface area (Å²) in [5, 5.41) is -14.0. The van der Waals surface area contributed by atoms with Gasteiger partial charge in [-0.15, -0.1) is 0 Å². The smallest absolute Gasteiger partial charge is 0.143 e. The van der Waals surface area contributed by atoms with Gasteiger partial charge in [0.25, 0.3) is 0 Å². The Morgan fingerprint density at radius 3 is 1.11 bits per heavy atom. The van der Waals surface area contributed by atoms with Crippen LogP contribution >= 0.6 is 0 Å². The van der Waals surface area contributed by atoms with Crippen LogP contribution in [0.5, 0.6) is 0 Å². The van der Waals surface area contributed by atoms with Crippen LogP contribution in [0.4, 0.5) is 0 Å². The van der Waals surface area contributed by atoms with Gasteiger partial charge in [-0.2, -0.15) is 0 Å². The molecule has 21 aromatic rings. The Morgan fingerprint density at radius 2 is 0.614 bits per heavy atom. The first-order valence-corrected chi connectivity index (χ1v) is 30.3. The van der Waals surface area contributed by atoms with E-state index in [1.54, 1.807) is 0 Å². The van der Waals surface area contributed by atoms with E-state index in [9.17, 15) is 30.2 Å². The molecule has 0 bridgehead atoms. The molecule has 2 heterocycles. The third-order valence-electron chi connectivity index (χ3n) is 17.8. The number of benzene rings is 19. The van der Waals surface area contributed by atoms with Crippen molar-refractivity contribution in [2.24, 2.45) is 0 Å². The molecule has 22 rings (SSSR count). The van der Waals surface area contributed by atoms with Crippen LogP contribution in [0.1, 0.15) is 106 Å². The maximum atomic E-state index is 10.2. The van der Waals surface area contributed by atoms with Gasteiger partial charge in [0, 0.05) is 41.8 Å². The molecule has 0 aliphatic heterocycles. The summed E-state index contributed by atoms with van der Waals surface area (Å²) >= 11 is 0. The second kappa shape index (κ2) is 22.1. The van der Waals surface area contributed by atoms with Crippen LogP contribution in [-0.2, 0) is 5.41 Å². The van der Waals surface area contributed by atoms with Crippen LogP contribution in [0, 0.1) is 0 Å². The highest BCUT2D eigenvalue weighted by Gasteiger charge is 2.36. The fourth-order valence-electron chi connectivity index (χ4n) is 13.6. The summed E-state index contributed by atoms with van der Waals surface area (Å²) in [5.74, 6) is 0. The van der Waals surface area contributed by atoms with Crippen molar-refractivity contribution in [1.82, 2.24) is 0 Å².